The van der Waals surface area contributed by atoms with Crippen LogP contribution in [0.2, 0.25) is 0 Å². The van der Waals surface area contributed by atoms with Crippen LogP contribution in [0.5, 0.6) is 0 Å². The Morgan fingerprint density at radius 2 is 2.05 bits per heavy atom. The molecule has 1 saturated heterocycles. The molecule has 1 aliphatic heterocycles. The predicted octanol–water partition coefficient (Wildman–Crippen LogP) is 2.71. The van der Waals surface area contributed by atoms with E-state index in [-0.39, 0.29) is 5.41 Å². The molecule has 0 radical (unpaired) electrons. The molecule has 6 atom stereocenters. The van der Waals surface area contributed by atoms with E-state index in [0.717, 1.165) is 56.0 Å². The summed E-state index contributed by atoms with van der Waals surface area (Å²) in [4.78, 5) is 12.9. The van der Waals surface area contributed by atoms with Gasteiger partial charge < -0.3 is 10.6 Å². The normalized spacial score (nSPS) is 48.3. The van der Waals surface area contributed by atoms with Crippen LogP contribution in [-0.2, 0) is 4.79 Å². The van der Waals surface area contributed by atoms with E-state index in [1.54, 1.807) is 0 Å². The summed E-state index contributed by atoms with van der Waals surface area (Å²) in [5.74, 6) is 4.03. The van der Waals surface area contributed by atoms with E-state index in [1.807, 2.05) is 0 Å². The van der Waals surface area contributed by atoms with Gasteiger partial charge in [0, 0.05) is 12.6 Å². The van der Waals surface area contributed by atoms with Crippen molar-refractivity contribution < 1.29 is 4.79 Å². The highest BCUT2D eigenvalue weighted by atomic mass is 16.2. The van der Waals surface area contributed by atoms with Crippen molar-refractivity contribution in [1.82, 2.24) is 10.6 Å². The molecule has 4 aliphatic rings. The van der Waals surface area contributed by atoms with Gasteiger partial charge in [0.25, 0.3) is 0 Å². The van der Waals surface area contributed by atoms with E-state index in [0.29, 0.717) is 11.9 Å². The summed E-state index contributed by atoms with van der Waals surface area (Å²) in [6.07, 6.45) is 10.2. The molecule has 3 heteroatoms. The van der Waals surface area contributed by atoms with Gasteiger partial charge in [0.05, 0.1) is 5.41 Å². The van der Waals surface area contributed by atoms with Gasteiger partial charge in [-0.05, 0) is 75.2 Å². The minimum absolute atomic E-state index is 0.130. The van der Waals surface area contributed by atoms with Gasteiger partial charge in [0.1, 0.15) is 0 Å². The molecule has 0 aromatic carbocycles. The van der Waals surface area contributed by atoms with Crippen molar-refractivity contribution in [2.75, 3.05) is 13.1 Å². The zero-order chi connectivity index (χ0) is 14.4. The monoisotopic (exact) mass is 290 g/mol. The SMILES string of the molecule is CCC1(C(=O)NC2CC3CC2C2CCCC32)CCCNC1. The first kappa shape index (κ1) is 14.0. The zero-order valence-corrected chi connectivity index (χ0v) is 13.4. The zero-order valence-electron chi connectivity index (χ0n) is 13.4. The van der Waals surface area contributed by atoms with Gasteiger partial charge in [0.15, 0.2) is 0 Å². The molecule has 0 aromatic heterocycles. The average Bonchev–Trinajstić information content (AvgIpc) is 3.20. The Morgan fingerprint density at radius 3 is 2.81 bits per heavy atom. The van der Waals surface area contributed by atoms with Gasteiger partial charge >= 0.3 is 0 Å². The Bertz CT molecular complexity index is 415. The fraction of sp³-hybridized carbons (Fsp3) is 0.944. The number of piperidine rings is 1. The summed E-state index contributed by atoms with van der Waals surface area (Å²) in [5.41, 5.74) is -0.130. The van der Waals surface area contributed by atoms with E-state index >= 15 is 0 Å². The van der Waals surface area contributed by atoms with Gasteiger partial charge in [-0.25, -0.2) is 0 Å². The Hall–Kier alpha value is -0.570. The van der Waals surface area contributed by atoms with Crippen LogP contribution in [-0.4, -0.2) is 25.0 Å². The molecule has 3 nitrogen and oxygen atoms in total. The maximum atomic E-state index is 12.9. The quantitative estimate of drug-likeness (QED) is 0.839. The van der Waals surface area contributed by atoms with Crippen LogP contribution in [0.4, 0.5) is 0 Å². The topological polar surface area (TPSA) is 41.1 Å². The number of carbonyl (C=O) groups is 1. The lowest BCUT2D eigenvalue weighted by atomic mass is 9.75. The lowest BCUT2D eigenvalue weighted by Crippen LogP contribution is -2.54. The van der Waals surface area contributed by atoms with Crippen molar-refractivity contribution in [3.05, 3.63) is 0 Å². The first-order valence-corrected chi connectivity index (χ1v) is 9.25. The van der Waals surface area contributed by atoms with Gasteiger partial charge in [-0.1, -0.05) is 13.3 Å². The highest BCUT2D eigenvalue weighted by molar-refractivity contribution is 5.83. The lowest BCUT2D eigenvalue weighted by Gasteiger charge is -2.39. The number of fused-ring (bicyclic) bond motifs is 5. The van der Waals surface area contributed by atoms with E-state index in [4.69, 9.17) is 0 Å². The van der Waals surface area contributed by atoms with Crippen LogP contribution in [0.25, 0.3) is 0 Å². The highest BCUT2D eigenvalue weighted by Crippen LogP contribution is 2.58. The van der Waals surface area contributed by atoms with Crippen LogP contribution in [0.1, 0.15) is 58.3 Å². The maximum Gasteiger partial charge on any atom is 0.227 e. The van der Waals surface area contributed by atoms with Gasteiger partial charge in [-0.15, -0.1) is 0 Å². The van der Waals surface area contributed by atoms with Crippen molar-refractivity contribution >= 4 is 5.91 Å². The summed E-state index contributed by atoms with van der Waals surface area (Å²) < 4.78 is 0. The molecule has 4 rings (SSSR count). The number of rotatable bonds is 3. The molecule has 0 aromatic rings. The second-order valence-corrected chi connectivity index (χ2v) is 8.15. The Kier molecular flexibility index (Phi) is 3.52. The van der Waals surface area contributed by atoms with Crippen molar-refractivity contribution in [3.63, 3.8) is 0 Å². The largest absolute Gasteiger partial charge is 0.353 e. The second-order valence-electron chi connectivity index (χ2n) is 8.15. The Morgan fingerprint density at radius 1 is 1.19 bits per heavy atom. The number of nitrogens with one attached hydrogen (secondary N) is 2. The van der Waals surface area contributed by atoms with E-state index in [9.17, 15) is 4.79 Å². The summed E-state index contributed by atoms with van der Waals surface area (Å²) in [5, 5.41) is 6.95. The molecule has 1 heterocycles. The maximum absolute atomic E-state index is 12.9. The molecule has 1 amide bonds. The third-order valence-electron chi connectivity index (χ3n) is 7.38. The number of amides is 1. The van der Waals surface area contributed by atoms with Gasteiger partial charge in [0.2, 0.25) is 5.91 Å². The third kappa shape index (κ3) is 2.15. The molecule has 3 saturated carbocycles. The van der Waals surface area contributed by atoms with Crippen molar-refractivity contribution in [3.8, 4) is 0 Å². The molecular weight excluding hydrogens is 260 g/mol. The standard InChI is InChI=1S/C18H30N2O/c1-2-18(7-4-8-19-11-18)17(21)20-16-10-12-9-15(16)14-6-3-5-13(12)14/h12-16,19H,2-11H2,1H3,(H,20,21). The number of carbonyl (C=O) groups excluding carboxylic acids is 1. The van der Waals surface area contributed by atoms with Crippen LogP contribution < -0.4 is 10.6 Å². The molecule has 3 aliphatic carbocycles. The summed E-state index contributed by atoms with van der Waals surface area (Å²) in [6.45, 7) is 4.13. The molecule has 0 spiro atoms. The van der Waals surface area contributed by atoms with Gasteiger partial charge in [-0.2, -0.15) is 0 Å². The second kappa shape index (κ2) is 5.26. The number of hydrogen-bond acceptors (Lipinski definition) is 2. The molecule has 2 bridgehead atoms. The fourth-order valence-electron chi connectivity index (χ4n) is 6.18. The summed E-state index contributed by atoms with van der Waals surface area (Å²) in [7, 11) is 0. The summed E-state index contributed by atoms with van der Waals surface area (Å²) in [6, 6.07) is 0.493. The molecule has 118 valence electrons. The lowest BCUT2D eigenvalue weighted by molar-refractivity contribution is -0.133. The van der Waals surface area contributed by atoms with Gasteiger partial charge in [-0.3, -0.25) is 4.79 Å². The fourth-order valence-corrected chi connectivity index (χ4v) is 6.18. The molecule has 4 fully saturated rings. The smallest absolute Gasteiger partial charge is 0.227 e. The van der Waals surface area contributed by atoms with Crippen LogP contribution in [0.15, 0.2) is 0 Å². The highest BCUT2D eigenvalue weighted by Gasteiger charge is 2.54. The minimum atomic E-state index is -0.130. The Balaban J connectivity index is 1.43. The number of hydrogen-bond donors (Lipinski definition) is 2. The predicted molar refractivity (Wildman–Crippen MR) is 83.8 cm³/mol. The van der Waals surface area contributed by atoms with Crippen LogP contribution >= 0.6 is 0 Å². The molecular formula is C18H30N2O. The van der Waals surface area contributed by atoms with Crippen molar-refractivity contribution in [2.24, 2.45) is 29.1 Å². The summed E-state index contributed by atoms with van der Waals surface area (Å²) >= 11 is 0. The van der Waals surface area contributed by atoms with E-state index in [2.05, 4.69) is 17.6 Å². The van der Waals surface area contributed by atoms with E-state index in [1.165, 1.54) is 32.1 Å². The first-order chi connectivity index (χ1) is 10.2. The molecule has 2 N–H and O–H groups in total. The molecule has 6 unspecified atom stereocenters. The van der Waals surface area contributed by atoms with Crippen molar-refractivity contribution in [1.29, 1.82) is 0 Å². The minimum Gasteiger partial charge on any atom is -0.353 e. The van der Waals surface area contributed by atoms with Crippen molar-refractivity contribution in [2.45, 2.75) is 64.3 Å². The van der Waals surface area contributed by atoms with Crippen LogP contribution in [0.3, 0.4) is 0 Å². The Labute approximate surface area is 128 Å². The van der Waals surface area contributed by atoms with Crippen LogP contribution in [0, 0.1) is 29.1 Å². The average molecular weight is 290 g/mol. The third-order valence-corrected chi connectivity index (χ3v) is 7.38. The van der Waals surface area contributed by atoms with E-state index < -0.39 is 0 Å². The first-order valence-electron chi connectivity index (χ1n) is 9.25. The molecule has 21 heavy (non-hydrogen) atoms.